The Balaban J connectivity index is 2.16. The summed E-state index contributed by atoms with van der Waals surface area (Å²) in [6.07, 6.45) is 2.21. The average molecular weight is 256 g/mol. The number of carbonyl (C=O) groups is 1. The predicted octanol–water partition coefficient (Wildman–Crippen LogP) is 3.07. The van der Waals surface area contributed by atoms with Crippen LogP contribution in [0.4, 0.5) is 0 Å². The molecule has 0 bridgehead atoms. The first-order chi connectivity index (χ1) is 9.22. The molecule has 0 aliphatic carbocycles. The summed E-state index contributed by atoms with van der Waals surface area (Å²) in [6.45, 7) is 6.98. The summed E-state index contributed by atoms with van der Waals surface area (Å²) in [5, 5.41) is 1.25. The van der Waals surface area contributed by atoms with Gasteiger partial charge in [0.1, 0.15) is 0 Å². The van der Waals surface area contributed by atoms with Gasteiger partial charge in [-0.3, -0.25) is 14.3 Å². The van der Waals surface area contributed by atoms with Crippen LogP contribution in [-0.2, 0) is 13.0 Å². The van der Waals surface area contributed by atoms with Gasteiger partial charge in [-0.2, -0.15) is 0 Å². The van der Waals surface area contributed by atoms with Crippen LogP contribution in [0, 0.1) is 0 Å². The van der Waals surface area contributed by atoms with E-state index in [-0.39, 0.29) is 5.91 Å². The Labute approximate surface area is 113 Å². The number of hydrogen-bond acceptors (Lipinski definition) is 2. The first kappa shape index (κ1) is 12.4. The maximum absolute atomic E-state index is 12.0. The number of rotatable bonds is 2. The number of fused-ring (bicyclic) bond motifs is 3. The Hall–Kier alpha value is -1.61. The van der Waals surface area contributed by atoms with Crippen LogP contribution in [0.1, 0.15) is 36.3 Å². The van der Waals surface area contributed by atoms with Crippen molar-refractivity contribution in [2.45, 2.75) is 33.2 Å². The summed E-state index contributed by atoms with van der Waals surface area (Å²) in [4.78, 5) is 14.4. The lowest BCUT2D eigenvalue weighted by molar-refractivity contribution is 0.0933. The van der Waals surface area contributed by atoms with Crippen molar-refractivity contribution in [1.82, 2.24) is 9.47 Å². The summed E-state index contributed by atoms with van der Waals surface area (Å²) in [5.74, 6) is 0.121. The van der Waals surface area contributed by atoms with Crippen LogP contribution < -0.4 is 0 Å². The molecule has 1 aliphatic heterocycles. The smallest absolute Gasteiger partial charge is 0.228 e. The first-order valence-corrected chi connectivity index (χ1v) is 7.07. The zero-order valence-corrected chi connectivity index (χ0v) is 11.6. The van der Waals surface area contributed by atoms with Crippen LogP contribution in [0.3, 0.4) is 0 Å². The normalized spacial score (nSPS) is 15.7. The summed E-state index contributed by atoms with van der Waals surface area (Å²) in [6, 6.07) is 8.27. The van der Waals surface area contributed by atoms with E-state index in [1.807, 2.05) is 10.6 Å². The molecule has 1 aromatic carbocycles. The molecule has 3 rings (SSSR count). The van der Waals surface area contributed by atoms with Gasteiger partial charge < -0.3 is 0 Å². The molecule has 0 atom stereocenters. The van der Waals surface area contributed by atoms with Gasteiger partial charge in [-0.25, -0.2) is 0 Å². The third kappa shape index (κ3) is 1.98. The van der Waals surface area contributed by atoms with Gasteiger partial charge in [0.05, 0.1) is 5.52 Å². The Kier molecular flexibility index (Phi) is 3.15. The highest BCUT2D eigenvalue weighted by Gasteiger charge is 2.24. The minimum Gasteiger partial charge on any atom is -0.297 e. The van der Waals surface area contributed by atoms with E-state index in [0.29, 0.717) is 0 Å². The van der Waals surface area contributed by atoms with Crippen molar-refractivity contribution in [2.24, 2.45) is 0 Å². The molecule has 0 saturated carbocycles. The van der Waals surface area contributed by atoms with Gasteiger partial charge in [-0.15, -0.1) is 0 Å². The van der Waals surface area contributed by atoms with Crippen molar-refractivity contribution in [3.8, 4) is 0 Å². The van der Waals surface area contributed by atoms with Gasteiger partial charge in [-0.05, 0) is 31.0 Å². The molecule has 1 aromatic heterocycles. The third-order valence-electron chi connectivity index (χ3n) is 3.99. The lowest BCUT2D eigenvalue weighted by atomic mass is 10.0. The third-order valence-corrected chi connectivity index (χ3v) is 3.99. The molecule has 0 N–H and O–H groups in total. The second-order valence-electron chi connectivity index (χ2n) is 5.32. The fraction of sp³-hybridized carbons (Fsp3) is 0.438. The van der Waals surface area contributed by atoms with E-state index in [2.05, 4.69) is 30.0 Å². The minimum absolute atomic E-state index is 0.121. The van der Waals surface area contributed by atoms with Crippen LogP contribution in [0.2, 0.25) is 0 Å². The summed E-state index contributed by atoms with van der Waals surface area (Å²) in [5.41, 5.74) is 3.64. The molecule has 2 heterocycles. The van der Waals surface area contributed by atoms with Crippen LogP contribution in [-0.4, -0.2) is 28.5 Å². The number of carbonyl (C=O) groups excluding carboxylic acids is 1. The first-order valence-electron chi connectivity index (χ1n) is 7.07. The molecular formula is C16H20N2O. The number of benzene rings is 1. The zero-order chi connectivity index (χ0) is 13.4. The van der Waals surface area contributed by atoms with Gasteiger partial charge in [0.25, 0.3) is 0 Å². The standard InChI is InChI=1S/C16H20N2O/c1-3-9-17-10-8-14-13-6-4-5-7-15(13)18(12(2)19)16(14)11-17/h4-7H,3,8-11H2,1-2H3. The lowest BCUT2D eigenvalue weighted by Crippen LogP contribution is -2.32. The second-order valence-corrected chi connectivity index (χ2v) is 5.32. The molecule has 0 amide bonds. The van der Waals surface area contributed by atoms with Crippen molar-refractivity contribution in [3.63, 3.8) is 0 Å². The fourth-order valence-corrected chi connectivity index (χ4v) is 3.23. The number of hydrogen-bond donors (Lipinski definition) is 0. The monoisotopic (exact) mass is 256 g/mol. The molecule has 0 saturated heterocycles. The molecule has 1 aliphatic rings. The summed E-state index contributed by atoms with van der Waals surface area (Å²) in [7, 11) is 0. The van der Waals surface area contributed by atoms with E-state index in [1.165, 1.54) is 16.6 Å². The highest BCUT2D eigenvalue weighted by Crippen LogP contribution is 2.30. The Morgan fingerprint density at radius 2 is 2.11 bits per heavy atom. The number of nitrogens with zero attached hydrogens (tertiary/aromatic N) is 2. The zero-order valence-electron chi connectivity index (χ0n) is 11.6. The number of para-hydroxylation sites is 1. The van der Waals surface area contributed by atoms with Gasteiger partial charge >= 0.3 is 0 Å². The minimum atomic E-state index is 0.121. The fourth-order valence-electron chi connectivity index (χ4n) is 3.23. The highest BCUT2D eigenvalue weighted by atomic mass is 16.1. The van der Waals surface area contributed by atoms with Crippen LogP contribution in [0.15, 0.2) is 24.3 Å². The van der Waals surface area contributed by atoms with Crippen LogP contribution in [0.5, 0.6) is 0 Å². The van der Waals surface area contributed by atoms with Gasteiger partial charge in [0.15, 0.2) is 0 Å². The molecule has 3 nitrogen and oxygen atoms in total. The van der Waals surface area contributed by atoms with E-state index >= 15 is 0 Å². The van der Waals surface area contributed by atoms with E-state index in [0.717, 1.165) is 38.0 Å². The van der Waals surface area contributed by atoms with Crippen LogP contribution >= 0.6 is 0 Å². The summed E-state index contributed by atoms with van der Waals surface area (Å²) < 4.78 is 1.91. The maximum atomic E-state index is 12.0. The van der Waals surface area contributed by atoms with Crippen molar-refractivity contribution >= 4 is 16.8 Å². The quantitative estimate of drug-likeness (QED) is 0.825. The molecule has 100 valence electrons. The molecular weight excluding hydrogens is 236 g/mol. The Morgan fingerprint density at radius 3 is 2.84 bits per heavy atom. The Bertz CT molecular complexity index is 627. The largest absolute Gasteiger partial charge is 0.297 e. The van der Waals surface area contributed by atoms with E-state index < -0.39 is 0 Å². The molecule has 19 heavy (non-hydrogen) atoms. The van der Waals surface area contributed by atoms with Crippen molar-refractivity contribution in [1.29, 1.82) is 0 Å². The van der Waals surface area contributed by atoms with E-state index in [4.69, 9.17) is 0 Å². The average Bonchev–Trinajstić information content (AvgIpc) is 2.72. The predicted molar refractivity (Wildman–Crippen MR) is 77.5 cm³/mol. The van der Waals surface area contributed by atoms with Gasteiger partial charge in [0, 0.05) is 31.1 Å². The van der Waals surface area contributed by atoms with Crippen molar-refractivity contribution in [2.75, 3.05) is 13.1 Å². The van der Waals surface area contributed by atoms with Crippen LogP contribution in [0.25, 0.3) is 10.9 Å². The van der Waals surface area contributed by atoms with Gasteiger partial charge in [-0.1, -0.05) is 25.1 Å². The second kappa shape index (κ2) is 4.82. The van der Waals surface area contributed by atoms with Crippen molar-refractivity contribution in [3.05, 3.63) is 35.5 Å². The van der Waals surface area contributed by atoms with E-state index in [9.17, 15) is 4.79 Å². The summed E-state index contributed by atoms with van der Waals surface area (Å²) >= 11 is 0. The molecule has 0 unspecified atom stereocenters. The van der Waals surface area contributed by atoms with Crippen molar-refractivity contribution < 1.29 is 4.79 Å². The molecule has 0 spiro atoms. The lowest BCUT2D eigenvalue weighted by Gasteiger charge is -2.27. The SMILES string of the molecule is CCCN1CCc2c(n(C(C)=O)c3ccccc23)C1. The molecule has 3 heteroatoms. The van der Waals surface area contributed by atoms with E-state index in [1.54, 1.807) is 6.92 Å². The Morgan fingerprint density at radius 1 is 1.32 bits per heavy atom. The molecule has 0 fully saturated rings. The molecule has 0 radical (unpaired) electrons. The topological polar surface area (TPSA) is 25.2 Å². The maximum Gasteiger partial charge on any atom is 0.228 e. The number of aromatic nitrogens is 1. The molecule has 2 aromatic rings. The van der Waals surface area contributed by atoms with Gasteiger partial charge in [0.2, 0.25) is 5.91 Å². The highest BCUT2D eigenvalue weighted by molar-refractivity contribution is 5.95.